The maximum Gasteiger partial charge on any atom is 0.147 e. The summed E-state index contributed by atoms with van der Waals surface area (Å²) in [6, 6.07) is 5.14. The topological polar surface area (TPSA) is 42.4 Å². The lowest BCUT2D eigenvalue weighted by atomic mass is 10.1. The van der Waals surface area contributed by atoms with Crippen LogP contribution in [0, 0.1) is 5.82 Å². The zero-order valence-corrected chi connectivity index (χ0v) is 8.20. The van der Waals surface area contributed by atoms with Gasteiger partial charge in [0.1, 0.15) is 11.6 Å². The Balaban J connectivity index is 2.76. The zero-order chi connectivity index (χ0) is 10.8. The van der Waals surface area contributed by atoms with Gasteiger partial charge >= 0.3 is 0 Å². The molecule has 0 bridgehead atoms. The highest BCUT2D eigenvalue weighted by atomic mass is 19.1. The fourth-order valence-electron chi connectivity index (χ4n) is 1.49. The van der Waals surface area contributed by atoms with Crippen LogP contribution < -0.4 is 4.74 Å². The number of aliphatic hydroxyl groups is 1. The van der Waals surface area contributed by atoms with Crippen molar-refractivity contribution >= 4 is 10.9 Å². The fourth-order valence-corrected chi connectivity index (χ4v) is 1.49. The summed E-state index contributed by atoms with van der Waals surface area (Å²) in [5, 5.41) is 9.65. The molecular weight excluding hydrogens is 197 g/mol. The first-order valence-corrected chi connectivity index (χ1v) is 4.48. The van der Waals surface area contributed by atoms with E-state index >= 15 is 0 Å². The minimum absolute atomic E-state index is 0.249. The van der Waals surface area contributed by atoms with Crippen LogP contribution in [0.5, 0.6) is 5.75 Å². The van der Waals surface area contributed by atoms with Crippen molar-refractivity contribution < 1.29 is 14.2 Å². The number of methoxy groups -OCH3 is 1. The van der Waals surface area contributed by atoms with Crippen molar-refractivity contribution in [2.75, 3.05) is 7.11 Å². The molecule has 0 spiro atoms. The van der Waals surface area contributed by atoms with Crippen molar-refractivity contribution in [1.29, 1.82) is 0 Å². The van der Waals surface area contributed by atoms with E-state index in [-0.39, 0.29) is 12.2 Å². The molecule has 2 rings (SSSR count). The molecule has 0 amide bonds. The Hall–Kier alpha value is -1.68. The molecule has 0 unspecified atom stereocenters. The summed E-state index contributed by atoms with van der Waals surface area (Å²) < 4.78 is 18.3. The number of rotatable bonds is 2. The van der Waals surface area contributed by atoms with Gasteiger partial charge in [-0.3, -0.25) is 4.98 Å². The fraction of sp³-hybridized carbons (Fsp3) is 0.182. The van der Waals surface area contributed by atoms with Crippen LogP contribution in [0.4, 0.5) is 4.39 Å². The Kier molecular flexibility index (Phi) is 2.51. The second-order valence-electron chi connectivity index (χ2n) is 3.13. The number of benzene rings is 1. The van der Waals surface area contributed by atoms with Gasteiger partial charge in [-0.05, 0) is 18.2 Å². The highest BCUT2D eigenvalue weighted by Gasteiger charge is 2.08. The molecule has 0 radical (unpaired) electrons. The Morgan fingerprint density at radius 2 is 2.27 bits per heavy atom. The third kappa shape index (κ3) is 1.64. The lowest BCUT2D eigenvalue weighted by Crippen LogP contribution is -1.94. The standard InChI is InChI=1S/C11H10FNO2/c1-15-7-2-3-11-8(4-7)9(6-14)10(12)5-13-11/h2-5,14H,6H2,1H3. The van der Waals surface area contributed by atoms with Gasteiger partial charge in [0.05, 0.1) is 25.4 Å². The van der Waals surface area contributed by atoms with E-state index in [1.165, 1.54) is 7.11 Å². The number of aliphatic hydroxyl groups excluding tert-OH is 1. The van der Waals surface area contributed by atoms with Gasteiger partial charge in [-0.15, -0.1) is 0 Å². The predicted octanol–water partition coefficient (Wildman–Crippen LogP) is 1.87. The molecule has 1 N–H and O–H groups in total. The van der Waals surface area contributed by atoms with Crippen molar-refractivity contribution in [2.24, 2.45) is 0 Å². The van der Waals surface area contributed by atoms with E-state index in [1.54, 1.807) is 18.2 Å². The summed E-state index contributed by atoms with van der Waals surface area (Å²) in [6.45, 7) is -0.349. The highest BCUT2D eigenvalue weighted by molar-refractivity contribution is 5.83. The molecule has 0 aliphatic heterocycles. The molecule has 0 aliphatic carbocycles. The Morgan fingerprint density at radius 3 is 2.93 bits per heavy atom. The second kappa shape index (κ2) is 3.82. The number of nitrogens with zero attached hydrogens (tertiary/aromatic N) is 1. The highest BCUT2D eigenvalue weighted by Crippen LogP contribution is 2.24. The smallest absolute Gasteiger partial charge is 0.147 e. The molecule has 15 heavy (non-hydrogen) atoms. The van der Waals surface area contributed by atoms with Crippen molar-refractivity contribution in [1.82, 2.24) is 4.98 Å². The average molecular weight is 207 g/mol. The Morgan fingerprint density at radius 1 is 1.47 bits per heavy atom. The number of fused-ring (bicyclic) bond motifs is 1. The van der Waals surface area contributed by atoms with Crippen LogP contribution in [0.25, 0.3) is 10.9 Å². The van der Waals surface area contributed by atoms with Crippen LogP contribution >= 0.6 is 0 Å². The van der Waals surface area contributed by atoms with E-state index in [0.717, 1.165) is 6.20 Å². The molecule has 3 nitrogen and oxygen atoms in total. The Labute approximate surface area is 86.1 Å². The maximum atomic E-state index is 13.3. The SMILES string of the molecule is COc1ccc2ncc(F)c(CO)c2c1. The molecule has 78 valence electrons. The monoisotopic (exact) mass is 207 g/mol. The van der Waals surface area contributed by atoms with Crippen LogP contribution in [0.3, 0.4) is 0 Å². The van der Waals surface area contributed by atoms with Crippen LogP contribution in [0.15, 0.2) is 24.4 Å². The largest absolute Gasteiger partial charge is 0.497 e. The average Bonchev–Trinajstić information content (AvgIpc) is 2.28. The molecule has 0 aliphatic rings. The molecule has 0 atom stereocenters. The van der Waals surface area contributed by atoms with E-state index < -0.39 is 5.82 Å². The number of pyridine rings is 1. The van der Waals surface area contributed by atoms with E-state index in [0.29, 0.717) is 16.7 Å². The predicted molar refractivity (Wildman–Crippen MR) is 54.2 cm³/mol. The van der Waals surface area contributed by atoms with E-state index in [4.69, 9.17) is 9.84 Å². The van der Waals surface area contributed by atoms with Crippen molar-refractivity contribution in [3.8, 4) is 5.75 Å². The summed E-state index contributed by atoms with van der Waals surface area (Å²) in [4.78, 5) is 3.92. The first kappa shape index (κ1) is 9.86. The van der Waals surface area contributed by atoms with Gasteiger partial charge in [0, 0.05) is 10.9 Å². The summed E-state index contributed by atoms with van der Waals surface area (Å²) in [7, 11) is 1.53. The van der Waals surface area contributed by atoms with Crippen molar-refractivity contribution in [3.63, 3.8) is 0 Å². The molecule has 0 fully saturated rings. The number of ether oxygens (including phenoxy) is 1. The first-order valence-electron chi connectivity index (χ1n) is 4.48. The normalized spacial score (nSPS) is 10.6. The van der Waals surface area contributed by atoms with Gasteiger partial charge in [-0.2, -0.15) is 0 Å². The molecule has 0 saturated heterocycles. The van der Waals surface area contributed by atoms with Crippen LogP contribution in [-0.4, -0.2) is 17.2 Å². The van der Waals surface area contributed by atoms with Gasteiger partial charge in [0.25, 0.3) is 0 Å². The molecule has 1 heterocycles. The van der Waals surface area contributed by atoms with Crippen LogP contribution in [0.1, 0.15) is 5.56 Å². The minimum atomic E-state index is -0.502. The zero-order valence-electron chi connectivity index (χ0n) is 8.20. The number of halogens is 1. The molecule has 0 saturated carbocycles. The number of hydrogen-bond acceptors (Lipinski definition) is 3. The van der Waals surface area contributed by atoms with Gasteiger partial charge in [-0.25, -0.2) is 4.39 Å². The summed E-state index contributed by atoms with van der Waals surface area (Å²) >= 11 is 0. The van der Waals surface area contributed by atoms with Crippen molar-refractivity contribution in [3.05, 3.63) is 35.8 Å². The van der Waals surface area contributed by atoms with Crippen molar-refractivity contribution in [2.45, 2.75) is 6.61 Å². The quantitative estimate of drug-likeness (QED) is 0.817. The third-order valence-electron chi connectivity index (χ3n) is 2.29. The lowest BCUT2D eigenvalue weighted by molar-refractivity contribution is 0.277. The summed E-state index contributed by atoms with van der Waals surface area (Å²) in [5.74, 6) is 0.114. The summed E-state index contributed by atoms with van der Waals surface area (Å²) in [5.41, 5.74) is 0.889. The molecular formula is C11H10FNO2. The minimum Gasteiger partial charge on any atom is -0.497 e. The van der Waals surface area contributed by atoms with Gasteiger partial charge in [0.15, 0.2) is 0 Å². The van der Waals surface area contributed by atoms with Crippen LogP contribution in [-0.2, 0) is 6.61 Å². The van der Waals surface area contributed by atoms with E-state index in [2.05, 4.69) is 4.98 Å². The second-order valence-corrected chi connectivity index (χ2v) is 3.13. The van der Waals surface area contributed by atoms with Crippen LogP contribution in [0.2, 0.25) is 0 Å². The number of aromatic nitrogens is 1. The molecule has 1 aromatic heterocycles. The third-order valence-corrected chi connectivity index (χ3v) is 2.29. The molecule has 2 aromatic rings. The number of hydrogen-bond donors (Lipinski definition) is 1. The lowest BCUT2D eigenvalue weighted by Gasteiger charge is -2.06. The Bertz CT molecular complexity index is 499. The summed E-state index contributed by atoms with van der Waals surface area (Å²) in [6.07, 6.45) is 1.11. The molecule has 4 heteroatoms. The van der Waals surface area contributed by atoms with Gasteiger partial charge in [-0.1, -0.05) is 0 Å². The van der Waals surface area contributed by atoms with Gasteiger partial charge in [0.2, 0.25) is 0 Å². The molecule has 1 aromatic carbocycles. The van der Waals surface area contributed by atoms with E-state index in [1.807, 2.05) is 0 Å². The van der Waals surface area contributed by atoms with E-state index in [9.17, 15) is 4.39 Å². The maximum absolute atomic E-state index is 13.3. The first-order chi connectivity index (χ1) is 7.26. The van der Waals surface area contributed by atoms with Gasteiger partial charge < -0.3 is 9.84 Å².